The van der Waals surface area contributed by atoms with Crippen molar-refractivity contribution in [3.8, 4) is 0 Å². The Balaban J connectivity index is 1.75. The van der Waals surface area contributed by atoms with E-state index < -0.39 is 0 Å². The molecule has 1 aliphatic heterocycles. The predicted octanol–water partition coefficient (Wildman–Crippen LogP) is 3.17. The van der Waals surface area contributed by atoms with Gasteiger partial charge in [-0.3, -0.25) is 4.79 Å². The minimum atomic E-state index is -0.245. The molecular formula is C14H13ClN4OS. The van der Waals surface area contributed by atoms with Gasteiger partial charge in [0.15, 0.2) is 0 Å². The van der Waals surface area contributed by atoms with Gasteiger partial charge in [0.05, 0.1) is 5.56 Å². The molecule has 0 radical (unpaired) electrons. The second kappa shape index (κ2) is 4.96. The molecule has 1 N–H and O–H groups in total. The van der Waals surface area contributed by atoms with Crippen molar-refractivity contribution in [1.29, 1.82) is 0 Å². The van der Waals surface area contributed by atoms with Gasteiger partial charge in [0.2, 0.25) is 0 Å². The summed E-state index contributed by atoms with van der Waals surface area (Å²) in [5.74, 6) is 0.613. The number of nitrogens with one attached hydrogen (secondary N) is 1. The Morgan fingerprint density at radius 2 is 2.29 bits per heavy atom. The van der Waals surface area contributed by atoms with E-state index >= 15 is 0 Å². The third kappa shape index (κ3) is 2.38. The Hall–Kier alpha value is -1.66. The van der Waals surface area contributed by atoms with Gasteiger partial charge in [0.1, 0.15) is 11.9 Å². The first-order valence-electron chi connectivity index (χ1n) is 6.86. The zero-order valence-corrected chi connectivity index (χ0v) is 12.7. The van der Waals surface area contributed by atoms with Gasteiger partial charge in [-0.15, -0.1) is 5.10 Å². The fourth-order valence-electron chi connectivity index (χ4n) is 2.61. The quantitative estimate of drug-likeness (QED) is 0.943. The van der Waals surface area contributed by atoms with Crippen molar-refractivity contribution in [2.75, 3.05) is 11.9 Å². The maximum Gasteiger partial charge on any atom is 0.257 e. The zero-order valence-electron chi connectivity index (χ0n) is 11.1. The molecular weight excluding hydrogens is 308 g/mol. The molecule has 0 saturated heterocycles. The number of carbonyl (C=O) groups is 1. The molecule has 1 aromatic heterocycles. The minimum Gasteiger partial charge on any atom is -0.359 e. The van der Waals surface area contributed by atoms with Crippen LogP contribution in [0.25, 0.3) is 0 Å². The van der Waals surface area contributed by atoms with Gasteiger partial charge in [-0.05, 0) is 48.5 Å². The molecule has 1 aromatic carbocycles. The van der Waals surface area contributed by atoms with Gasteiger partial charge in [-0.25, -0.2) is 0 Å². The fourth-order valence-corrected chi connectivity index (χ4v) is 3.25. The molecule has 5 nitrogen and oxygen atoms in total. The van der Waals surface area contributed by atoms with Crippen LogP contribution < -0.4 is 5.32 Å². The summed E-state index contributed by atoms with van der Waals surface area (Å²) in [5.41, 5.74) is 2.21. The Bertz CT molecular complexity index is 686. The normalized spacial score (nSPS) is 21.1. The second-order valence-corrected chi connectivity index (χ2v) is 6.51. The molecule has 1 fully saturated rings. The molecule has 1 saturated carbocycles. The molecule has 4 rings (SSSR count). The van der Waals surface area contributed by atoms with Crippen molar-refractivity contribution >= 4 is 34.7 Å². The van der Waals surface area contributed by atoms with Crippen molar-refractivity contribution in [3.05, 3.63) is 39.9 Å². The van der Waals surface area contributed by atoms with E-state index in [1.54, 1.807) is 12.1 Å². The standard InChI is InChI=1S/C14H13ClN4OS/c15-9-3-4-11-10(5-9)14(20)19(6-8-1-2-8)13(16-11)12-7-21-18-17-12/h3-5,7-8,13,16H,1-2,6H2/t13-/m0/s1. The lowest BCUT2D eigenvalue weighted by Gasteiger charge is -2.37. The van der Waals surface area contributed by atoms with Gasteiger partial charge in [0.25, 0.3) is 5.91 Å². The summed E-state index contributed by atoms with van der Waals surface area (Å²) in [7, 11) is 0. The highest BCUT2D eigenvalue weighted by Gasteiger charge is 2.37. The lowest BCUT2D eigenvalue weighted by molar-refractivity contribution is 0.0669. The molecule has 108 valence electrons. The maximum atomic E-state index is 12.8. The van der Waals surface area contributed by atoms with Crippen LogP contribution in [0.4, 0.5) is 5.69 Å². The lowest BCUT2D eigenvalue weighted by atomic mass is 10.1. The number of hydrogen-bond donors (Lipinski definition) is 1. The van der Waals surface area contributed by atoms with Crippen LogP contribution in [-0.4, -0.2) is 26.9 Å². The van der Waals surface area contributed by atoms with Crippen molar-refractivity contribution < 1.29 is 4.79 Å². The van der Waals surface area contributed by atoms with E-state index in [0.717, 1.165) is 17.9 Å². The molecule has 0 bridgehead atoms. The monoisotopic (exact) mass is 320 g/mol. The summed E-state index contributed by atoms with van der Waals surface area (Å²) in [6, 6.07) is 5.35. The number of hydrogen-bond acceptors (Lipinski definition) is 5. The predicted molar refractivity (Wildman–Crippen MR) is 81.5 cm³/mol. The molecule has 1 atom stereocenters. The van der Waals surface area contributed by atoms with Crippen LogP contribution in [0.3, 0.4) is 0 Å². The fraction of sp³-hybridized carbons (Fsp3) is 0.357. The van der Waals surface area contributed by atoms with E-state index in [1.807, 2.05) is 16.3 Å². The van der Waals surface area contributed by atoms with Crippen LogP contribution >= 0.6 is 23.1 Å². The van der Waals surface area contributed by atoms with Crippen LogP contribution in [0.5, 0.6) is 0 Å². The van der Waals surface area contributed by atoms with Gasteiger partial charge < -0.3 is 10.2 Å². The molecule has 0 spiro atoms. The summed E-state index contributed by atoms with van der Waals surface area (Å²) < 4.78 is 3.91. The Morgan fingerprint density at radius 3 is 3.00 bits per heavy atom. The van der Waals surface area contributed by atoms with Crippen LogP contribution in [0.2, 0.25) is 5.02 Å². The van der Waals surface area contributed by atoms with Crippen LogP contribution in [0.15, 0.2) is 23.6 Å². The highest BCUT2D eigenvalue weighted by Crippen LogP contribution is 2.38. The Labute approximate surface area is 131 Å². The van der Waals surface area contributed by atoms with Gasteiger partial charge in [-0.2, -0.15) is 0 Å². The van der Waals surface area contributed by atoms with E-state index in [1.165, 1.54) is 24.4 Å². The van der Waals surface area contributed by atoms with E-state index in [9.17, 15) is 4.79 Å². The average Bonchev–Trinajstić information content (AvgIpc) is 3.13. The smallest absolute Gasteiger partial charge is 0.257 e. The first-order valence-corrected chi connectivity index (χ1v) is 8.08. The molecule has 2 aromatic rings. The number of amides is 1. The molecule has 2 aliphatic rings. The average molecular weight is 321 g/mol. The van der Waals surface area contributed by atoms with E-state index in [0.29, 0.717) is 16.5 Å². The molecule has 1 amide bonds. The number of carbonyl (C=O) groups excluding carboxylic acids is 1. The van der Waals surface area contributed by atoms with Gasteiger partial charge in [0, 0.05) is 22.6 Å². The SMILES string of the molecule is O=C1c2cc(Cl)ccc2N[C@H](c2csnn2)N1CC1CC1. The molecule has 21 heavy (non-hydrogen) atoms. The maximum absolute atomic E-state index is 12.8. The summed E-state index contributed by atoms with van der Waals surface area (Å²) in [5, 5.41) is 9.97. The van der Waals surface area contributed by atoms with Crippen LogP contribution in [0.1, 0.15) is 35.1 Å². The zero-order chi connectivity index (χ0) is 14.4. The highest BCUT2D eigenvalue weighted by molar-refractivity contribution is 7.03. The number of nitrogens with zero attached hydrogens (tertiary/aromatic N) is 3. The second-order valence-electron chi connectivity index (χ2n) is 5.47. The van der Waals surface area contributed by atoms with Crippen LogP contribution in [0, 0.1) is 5.92 Å². The summed E-state index contributed by atoms with van der Waals surface area (Å²) >= 11 is 7.32. The lowest BCUT2D eigenvalue weighted by Crippen LogP contribution is -2.44. The minimum absolute atomic E-state index is 0.0103. The topological polar surface area (TPSA) is 58.1 Å². The number of benzene rings is 1. The molecule has 2 heterocycles. The third-order valence-electron chi connectivity index (χ3n) is 3.89. The van der Waals surface area contributed by atoms with Gasteiger partial charge >= 0.3 is 0 Å². The van der Waals surface area contributed by atoms with E-state index in [2.05, 4.69) is 14.9 Å². The summed E-state index contributed by atoms with van der Waals surface area (Å²) in [6.07, 6.45) is 2.13. The number of halogens is 1. The largest absolute Gasteiger partial charge is 0.359 e. The van der Waals surface area contributed by atoms with Gasteiger partial charge in [-0.1, -0.05) is 16.1 Å². The number of fused-ring (bicyclic) bond motifs is 1. The van der Waals surface area contributed by atoms with Crippen molar-refractivity contribution in [3.63, 3.8) is 0 Å². The number of rotatable bonds is 3. The van der Waals surface area contributed by atoms with Crippen molar-refractivity contribution in [2.24, 2.45) is 5.92 Å². The first-order chi connectivity index (χ1) is 10.2. The molecule has 7 heteroatoms. The van der Waals surface area contributed by atoms with E-state index in [-0.39, 0.29) is 12.1 Å². The third-order valence-corrected chi connectivity index (χ3v) is 4.64. The Kier molecular flexibility index (Phi) is 3.08. The number of aromatic nitrogens is 2. The van der Waals surface area contributed by atoms with Crippen molar-refractivity contribution in [1.82, 2.24) is 14.5 Å². The van der Waals surface area contributed by atoms with E-state index in [4.69, 9.17) is 11.6 Å². The summed E-state index contributed by atoms with van der Waals surface area (Å²) in [4.78, 5) is 14.7. The number of anilines is 1. The van der Waals surface area contributed by atoms with Crippen LogP contribution in [-0.2, 0) is 0 Å². The highest BCUT2D eigenvalue weighted by atomic mass is 35.5. The van der Waals surface area contributed by atoms with Crippen molar-refractivity contribution in [2.45, 2.75) is 19.0 Å². The Morgan fingerprint density at radius 1 is 1.43 bits per heavy atom. The molecule has 0 unspecified atom stereocenters. The first kappa shape index (κ1) is 13.0. The molecule has 1 aliphatic carbocycles. The summed E-state index contributed by atoms with van der Waals surface area (Å²) in [6.45, 7) is 0.750.